The minimum absolute atomic E-state index is 0.440. The fraction of sp³-hybridized carbons (Fsp3) is 0.429. The van der Waals surface area contributed by atoms with E-state index in [1.54, 1.807) is 6.20 Å². The monoisotopic (exact) mass is 248 g/mol. The quantitative estimate of drug-likeness (QED) is 0.652. The fourth-order valence-electron chi connectivity index (χ4n) is 2.38. The first-order valence-corrected chi connectivity index (χ1v) is 6.22. The molecule has 0 amide bonds. The van der Waals surface area contributed by atoms with Crippen LogP contribution in [-0.2, 0) is 0 Å². The number of benzene rings is 1. The molecule has 1 heterocycles. The maximum atomic E-state index is 12.6. The van der Waals surface area contributed by atoms with Crippen molar-refractivity contribution in [1.82, 2.24) is 9.55 Å². The number of fused-ring (bicyclic) bond motifs is 1. The van der Waals surface area contributed by atoms with Gasteiger partial charge in [0.25, 0.3) is 0 Å². The molecule has 0 aromatic heterocycles. The van der Waals surface area contributed by atoms with Crippen molar-refractivity contribution in [2.24, 2.45) is 0 Å². The van der Waals surface area contributed by atoms with Gasteiger partial charge in [0.15, 0.2) is 0 Å². The smallest absolute Gasteiger partial charge is 0.145 e. The van der Waals surface area contributed by atoms with E-state index in [0.717, 1.165) is 16.8 Å². The molecule has 4 heteroatoms. The second-order valence-corrected chi connectivity index (χ2v) is 4.99. The summed E-state index contributed by atoms with van der Waals surface area (Å²) in [5.41, 5.74) is 2.35. The normalized spacial score (nSPS) is 24.0. The molecule has 1 aromatic carbocycles. The Kier molecular flexibility index (Phi) is 3.54. The summed E-state index contributed by atoms with van der Waals surface area (Å²) >= 11 is 0. The Hall–Kier alpha value is -1.20. The number of para-hydroxylation sites is 1. The summed E-state index contributed by atoms with van der Waals surface area (Å²) in [5, 5.41) is 22.9. The predicted octanol–water partition coefficient (Wildman–Crippen LogP) is 1.79. The molecule has 1 aliphatic heterocycles. The molecular weight excluding hydrogens is 228 g/mol. The van der Waals surface area contributed by atoms with Gasteiger partial charge in [-0.25, -0.2) is 0 Å². The molecule has 0 fully saturated rings. The lowest BCUT2D eigenvalue weighted by molar-refractivity contribution is 0.186. The fourth-order valence-corrected chi connectivity index (χ4v) is 2.38. The number of hydrogen-bond acceptors (Lipinski definition) is 3. The van der Waals surface area contributed by atoms with Crippen molar-refractivity contribution in [3.63, 3.8) is 0 Å². The standard InChI is InChI=1S/C14H20N2O2/c1-4-16(18)10-12(14(17)9-15(2)3)11-7-5-6-8-13(11)16/h5-8,10,14,17H,4,9H2,1-3H3. The molecule has 1 N–H and O–H groups in total. The number of likely N-dealkylation sites (N-methyl/N-ethyl adjacent to an activating group) is 1. The average Bonchev–Trinajstić information content (AvgIpc) is 2.64. The summed E-state index contributed by atoms with van der Waals surface area (Å²) in [5.74, 6) is 0. The highest BCUT2D eigenvalue weighted by Crippen LogP contribution is 2.40. The largest absolute Gasteiger partial charge is 0.622 e. The Balaban J connectivity index is 2.40. The van der Waals surface area contributed by atoms with E-state index in [1.807, 2.05) is 50.2 Å². The van der Waals surface area contributed by atoms with Gasteiger partial charge in [0.05, 0.1) is 12.6 Å². The lowest BCUT2D eigenvalue weighted by Gasteiger charge is -2.34. The van der Waals surface area contributed by atoms with Crippen LogP contribution in [0.2, 0.25) is 0 Å². The van der Waals surface area contributed by atoms with Gasteiger partial charge in [0.2, 0.25) is 0 Å². The Labute approximate surface area is 108 Å². The lowest BCUT2D eigenvalue weighted by atomic mass is 10.0. The number of rotatable bonds is 4. The number of quaternary nitrogens is 1. The second-order valence-electron chi connectivity index (χ2n) is 4.99. The van der Waals surface area contributed by atoms with Crippen molar-refractivity contribution in [3.05, 3.63) is 41.2 Å². The van der Waals surface area contributed by atoms with Crippen LogP contribution in [0.25, 0.3) is 5.57 Å². The molecule has 0 saturated heterocycles. The van der Waals surface area contributed by atoms with Crippen molar-refractivity contribution < 1.29 is 5.11 Å². The van der Waals surface area contributed by atoms with E-state index in [1.165, 1.54) is 0 Å². The van der Waals surface area contributed by atoms with Crippen LogP contribution in [0.4, 0.5) is 5.69 Å². The Morgan fingerprint density at radius 1 is 1.33 bits per heavy atom. The molecule has 0 saturated carbocycles. The number of aliphatic hydroxyl groups is 1. The minimum atomic E-state index is -0.623. The predicted molar refractivity (Wildman–Crippen MR) is 74.7 cm³/mol. The first-order chi connectivity index (χ1) is 8.48. The van der Waals surface area contributed by atoms with Crippen LogP contribution in [0.5, 0.6) is 0 Å². The van der Waals surface area contributed by atoms with E-state index in [4.69, 9.17) is 0 Å². The molecule has 2 atom stereocenters. The molecule has 18 heavy (non-hydrogen) atoms. The zero-order valence-corrected chi connectivity index (χ0v) is 11.1. The summed E-state index contributed by atoms with van der Waals surface area (Å²) in [7, 11) is 3.81. The van der Waals surface area contributed by atoms with Crippen LogP contribution in [0.1, 0.15) is 12.5 Å². The van der Waals surface area contributed by atoms with Crippen molar-refractivity contribution in [2.75, 3.05) is 27.2 Å². The van der Waals surface area contributed by atoms with Crippen molar-refractivity contribution >= 4 is 11.3 Å². The van der Waals surface area contributed by atoms with E-state index in [0.29, 0.717) is 13.1 Å². The van der Waals surface area contributed by atoms with Gasteiger partial charge in [-0.05, 0) is 27.1 Å². The SMILES string of the molecule is CC[N+]1([O-])C=C(C(O)CN(C)C)c2ccccc21. The summed E-state index contributed by atoms with van der Waals surface area (Å²) in [6.07, 6.45) is 1.01. The van der Waals surface area contributed by atoms with E-state index < -0.39 is 10.8 Å². The van der Waals surface area contributed by atoms with Crippen LogP contribution in [0.15, 0.2) is 30.5 Å². The molecule has 0 bridgehead atoms. The molecule has 0 spiro atoms. The third-order valence-corrected chi connectivity index (χ3v) is 3.34. The summed E-state index contributed by atoms with van der Waals surface area (Å²) in [4.78, 5) is 1.91. The number of hydroxylamine groups is 2. The third kappa shape index (κ3) is 2.20. The van der Waals surface area contributed by atoms with Crippen molar-refractivity contribution in [1.29, 1.82) is 0 Å². The number of hydrogen-bond donors (Lipinski definition) is 1. The van der Waals surface area contributed by atoms with Gasteiger partial charge in [-0.2, -0.15) is 0 Å². The first-order valence-electron chi connectivity index (χ1n) is 6.22. The van der Waals surface area contributed by atoms with Gasteiger partial charge in [0, 0.05) is 23.7 Å². The number of aliphatic hydroxyl groups excluding tert-OH is 1. The van der Waals surface area contributed by atoms with Crippen molar-refractivity contribution in [2.45, 2.75) is 13.0 Å². The van der Waals surface area contributed by atoms with E-state index in [2.05, 4.69) is 0 Å². The molecule has 0 aliphatic carbocycles. The minimum Gasteiger partial charge on any atom is -0.622 e. The van der Waals surface area contributed by atoms with Crippen LogP contribution in [-0.4, -0.2) is 43.3 Å². The Morgan fingerprint density at radius 2 is 2.00 bits per heavy atom. The summed E-state index contributed by atoms with van der Waals surface area (Å²) in [6.45, 7) is 2.82. The van der Waals surface area contributed by atoms with Gasteiger partial charge in [-0.3, -0.25) is 0 Å². The van der Waals surface area contributed by atoms with Gasteiger partial charge < -0.3 is 19.9 Å². The summed E-state index contributed by atoms with van der Waals surface area (Å²) < 4.78 is -0.476. The van der Waals surface area contributed by atoms with E-state index in [-0.39, 0.29) is 0 Å². The molecule has 1 aromatic rings. The zero-order valence-electron chi connectivity index (χ0n) is 11.1. The van der Waals surface area contributed by atoms with Gasteiger partial charge in [0.1, 0.15) is 11.9 Å². The second kappa shape index (κ2) is 4.82. The molecular formula is C14H20N2O2. The van der Waals surface area contributed by atoms with E-state index >= 15 is 0 Å². The zero-order chi connectivity index (χ0) is 13.3. The van der Waals surface area contributed by atoms with Crippen LogP contribution >= 0.6 is 0 Å². The van der Waals surface area contributed by atoms with Crippen molar-refractivity contribution in [3.8, 4) is 0 Å². The molecule has 4 nitrogen and oxygen atoms in total. The van der Waals surface area contributed by atoms with Gasteiger partial charge >= 0.3 is 0 Å². The van der Waals surface area contributed by atoms with Gasteiger partial charge in [-0.1, -0.05) is 12.1 Å². The highest BCUT2D eigenvalue weighted by molar-refractivity contribution is 5.84. The van der Waals surface area contributed by atoms with Crippen LogP contribution in [0, 0.1) is 5.21 Å². The number of nitrogens with zero attached hydrogens (tertiary/aromatic N) is 2. The van der Waals surface area contributed by atoms with Gasteiger partial charge in [-0.15, -0.1) is 0 Å². The molecule has 2 unspecified atom stereocenters. The topological polar surface area (TPSA) is 46.5 Å². The highest BCUT2D eigenvalue weighted by Gasteiger charge is 2.33. The molecule has 98 valence electrons. The van der Waals surface area contributed by atoms with Crippen LogP contribution in [0.3, 0.4) is 0 Å². The Bertz CT molecular complexity index is 471. The first kappa shape index (κ1) is 13.2. The molecule has 2 rings (SSSR count). The maximum Gasteiger partial charge on any atom is 0.145 e. The van der Waals surface area contributed by atoms with Crippen LogP contribution < -0.4 is 4.65 Å². The highest BCUT2D eigenvalue weighted by atomic mass is 16.5. The Morgan fingerprint density at radius 3 is 2.61 bits per heavy atom. The average molecular weight is 248 g/mol. The third-order valence-electron chi connectivity index (χ3n) is 3.34. The molecule has 1 aliphatic rings. The molecule has 0 radical (unpaired) electrons. The lowest BCUT2D eigenvalue weighted by Crippen LogP contribution is -2.35. The van der Waals surface area contributed by atoms with E-state index in [9.17, 15) is 10.3 Å². The maximum absolute atomic E-state index is 12.6. The summed E-state index contributed by atoms with van der Waals surface area (Å²) in [6, 6.07) is 7.53.